The SMILES string of the molecule is CCCCN(C(=O)C(CC(C)C)NC(=O)OC(C)(C)C)C(C(=O)Nc1ccc2ccccc2c1)c1cc(C)ccc1C. The predicted octanol–water partition coefficient (Wildman–Crippen LogP) is 7.70. The van der Waals surface area contributed by atoms with Crippen molar-refractivity contribution in [3.05, 3.63) is 77.4 Å². The third kappa shape index (κ3) is 9.07. The highest BCUT2D eigenvalue weighted by Crippen LogP contribution is 2.30. The number of ether oxygens (including phenoxy) is 1. The highest BCUT2D eigenvalue weighted by atomic mass is 16.6. The van der Waals surface area contributed by atoms with Crippen LogP contribution in [0.15, 0.2) is 60.7 Å². The summed E-state index contributed by atoms with van der Waals surface area (Å²) in [6.07, 6.45) is 1.30. The summed E-state index contributed by atoms with van der Waals surface area (Å²) in [4.78, 5) is 43.1. The van der Waals surface area contributed by atoms with E-state index < -0.39 is 23.8 Å². The summed E-state index contributed by atoms with van der Waals surface area (Å²) < 4.78 is 5.50. The number of unbranched alkanes of at least 4 members (excludes halogenated alkanes) is 1. The molecule has 0 heterocycles. The minimum Gasteiger partial charge on any atom is -0.444 e. The first-order valence-electron chi connectivity index (χ1n) is 15.0. The molecule has 3 rings (SSSR count). The van der Waals surface area contributed by atoms with E-state index in [-0.39, 0.29) is 17.7 Å². The molecule has 42 heavy (non-hydrogen) atoms. The van der Waals surface area contributed by atoms with Crippen molar-refractivity contribution in [3.8, 4) is 0 Å². The minimum absolute atomic E-state index is 0.118. The summed E-state index contributed by atoms with van der Waals surface area (Å²) in [6, 6.07) is 18.0. The molecule has 0 saturated heterocycles. The number of anilines is 1. The van der Waals surface area contributed by atoms with Crippen molar-refractivity contribution >= 4 is 34.4 Å². The molecule has 3 aromatic rings. The van der Waals surface area contributed by atoms with Crippen LogP contribution in [0.3, 0.4) is 0 Å². The Morgan fingerprint density at radius 1 is 0.929 bits per heavy atom. The van der Waals surface area contributed by atoms with Crippen LogP contribution in [0.2, 0.25) is 0 Å². The van der Waals surface area contributed by atoms with E-state index in [1.807, 2.05) is 88.4 Å². The lowest BCUT2D eigenvalue weighted by Crippen LogP contribution is -2.53. The molecular formula is C35H47N3O4. The Balaban J connectivity index is 2.07. The Kier molecular flexibility index (Phi) is 11.1. The Morgan fingerprint density at radius 2 is 1.62 bits per heavy atom. The van der Waals surface area contributed by atoms with Crippen LogP contribution in [0.5, 0.6) is 0 Å². The largest absolute Gasteiger partial charge is 0.444 e. The third-order valence-electron chi connectivity index (χ3n) is 7.04. The summed E-state index contributed by atoms with van der Waals surface area (Å²) >= 11 is 0. The number of fused-ring (bicyclic) bond motifs is 1. The van der Waals surface area contributed by atoms with Gasteiger partial charge in [0.25, 0.3) is 5.91 Å². The standard InChI is InChI=1S/C35H47N3O4/c1-9-10-19-38(33(40)30(20-23(2)3)37-34(41)42-35(6,7)8)31(29-21-24(4)15-16-25(29)5)32(39)36-28-18-17-26-13-11-12-14-27(26)22-28/h11-18,21-23,30-31H,9-10,19-20H2,1-8H3,(H,36,39)(H,37,41). The van der Waals surface area contributed by atoms with Crippen molar-refractivity contribution in [2.45, 2.75) is 92.3 Å². The third-order valence-corrected chi connectivity index (χ3v) is 7.04. The summed E-state index contributed by atoms with van der Waals surface area (Å²) in [6.45, 7) is 15.7. The molecular weight excluding hydrogens is 526 g/mol. The molecule has 0 saturated carbocycles. The molecule has 2 atom stereocenters. The Hall–Kier alpha value is -3.87. The smallest absolute Gasteiger partial charge is 0.408 e. The lowest BCUT2D eigenvalue weighted by atomic mass is 9.94. The van der Waals surface area contributed by atoms with Gasteiger partial charge in [-0.15, -0.1) is 0 Å². The number of hydrogen-bond donors (Lipinski definition) is 2. The molecule has 0 aromatic heterocycles. The molecule has 226 valence electrons. The maximum Gasteiger partial charge on any atom is 0.408 e. The maximum absolute atomic E-state index is 14.4. The number of rotatable bonds is 11. The average Bonchev–Trinajstić information content (AvgIpc) is 2.90. The Morgan fingerprint density at radius 3 is 2.26 bits per heavy atom. The molecule has 3 aromatic carbocycles. The number of hydrogen-bond acceptors (Lipinski definition) is 4. The molecule has 0 aliphatic heterocycles. The van der Waals surface area contributed by atoms with E-state index in [4.69, 9.17) is 4.74 Å². The van der Waals surface area contributed by atoms with Gasteiger partial charge in [0.15, 0.2) is 0 Å². The van der Waals surface area contributed by atoms with Gasteiger partial charge >= 0.3 is 6.09 Å². The van der Waals surface area contributed by atoms with Crippen molar-refractivity contribution in [1.82, 2.24) is 10.2 Å². The van der Waals surface area contributed by atoms with Crippen molar-refractivity contribution < 1.29 is 19.1 Å². The van der Waals surface area contributed by atoms with E-state index in [1.165, 1.54) is 0 Å². The fraction of sp³-hybridized carbons (Fsp3) is 0.457. The number of alkyl carbamates (subject to hydrolysis) is 1. The van der Waals surface area contributed by atoms with Gasteiger partial charge in [-0.3, -0.25) is 9.59 Å². The summed E-state index contributed by atoms with van der Waals surface area (Å²) in [5.41, 5.74) is 2.61. The van der Waals surface area contributed by atoms with E-state index in [0.717, 1.165) is 33.9 Å². The van der Waals surface area contributed by atoms with Crippen LogP contribution in [0, 0.1) is 19.8 Å². The van der Waals surface area contributed by atoms with Gasteiger partial charge in [0.1, 0.15) is 17.7 Å². The van der Waals surface area contributed by atoms with Crippen molar-refractivity contribution in [2.75, 3.05) is 11.9 Å². The maximum atomic E-state index is 14.4. The summed E-state index contributed by atoms with van der Waals surface area (Å²) in [5.74, 6) is -0.487. The van der Waals surface area contributed by atoms with E-state index in [9.17, 15) is 14.4 Å². The Bertz CT molecular complexity index is 1390. The van der Waals surface area contributed by atoms with Gasteiger partial charge in [0, 0.05) is 12.2 Å². The first kappa shape index (κ1) is 32.6. The van der Waals surface area contributed by atoms with E-state index in [1.54, 1.807) is 25.7 Å². The van der Waals surface area contributed by atoms with Crippen LogP contribution in [-0.2, 0) is 14.3 Å². The molecule has 3 amide bonds. The van der Waals surface area contributed by atoms with Gasteiger partial charge in [0.2, 0.25) is 5.91 Å². The van der Waals surface area contributed by atoms with Crippen LogP contribution in [0.4, 0.5) is 10.5 Å². The lowest BCUT2D eigenvalue weighted by Gasteiger charge is -2.35. The second kappa shape index (κ2) is 14.3. The molecule has 0 fully saturated rings. The molecule has 2 unspecified atom stereocenters. The molecule has 0 aliphatic carbocycles. The second-order valence-electron chi connectivity index (χ2n) is 12.5. The Labute approximate surface area is 251 Å². The highest BCUT2D eigenvalue weighted by molar-refractivity contribution is 6.00. The zero-order chi connectivity index (χ0) is 31.0. The highest BCUT2D eigenvalue weighted by Gasteiger charge is 2.37. The number of aryl methyl sites for hydroxylation is 2. The fourth-order valence-corrected chi connectivity index (χ4v) is 5.02. The van der Waals surface area contributed by atoms with Gasteiger partial charge in [-0.1, -0.05) is 81.3 Å². The van der Waals surface area contributed by atoms with Gasteiger partial charge in [0.05, 0.1) is 0 Å². The van der Waals surface area contributed by atoms with Crippen molar-refractivity contribution in [3.63, 3.8) is 0 Å². The minimum atomic E-state index is -0.898. The van der Waals surface area contributed by atoms with Crippen LogP contribution in [0.1, 0.15) is 83.5 Å². The van der Waals surface area contributed by atoms with Gasteiger partial charge in [-0.05, 0) is 87.4 Å². The zero-order valence-corrected chi connectivity index (χ0v) is 26.4. The first-order valence-corrected chi connectivity index (χ1v) is 15.0. The average molecular weight is 574 g/mol. The van der Waals surface area contributed by atoms with Gasteiger partial charge in [-0.25, -0.2) is 4.79 Å². The fourth-order valence-electron chi connectivity index (χ4n) is 5.02. The van der Waals surface area contributed by atoms with Crippen LogP contribution < -0.4 is 10.6 Å². The van der Waals surface area contributed by atoms with Gasteiger partial charge < -0.3 is 20.3 Å². The number of carbonyl (C=O) groups excluding carboxylic acids is 3. The number of benzene rings is 3. The number of nitrogens with one attached hydrogen (secondary N) is 2. The molecule has 0 radical (unpaired) electrons. The molecule has 0 bridgehead atoms. The van der Waals surface area contributed by atoms with Crippen LogP contribution in [0.25, 0.3) is 10.8 Å². The number of amides is 3. The first-order chi connectivity index (χ1) is 19.8. The summed E-state index contributed by atoms with van der Waals surface area (Å²) in [7, 11) is 0. The van der Waals surface area contributed by atoms with Crippen molar-refractivity contribution in [1.29, 1.82) is 0 Å². The monoisotopic (exact) mass is 573 g/mol. The lowest BCUT2D eigenvalue weighted by molar-refractivity contribution is -0.141. The van der Waals surface area contributed by atoms with Crippen LogP contribution >= 0.6 is 0 Å². The van der Waals surface area contributed by atoms with E-state index >= 15 is 0 Å². The van der Waals surface area contributed by atoms with Crippen LogP contribution in [-0.4, -0.2) is 41.0 Å². The van der Waals surface area contributed by atoms with Crippen molar-refractivity contribution in [2.24, 2.45) is 5.92 Å². The topological polar surface area (TPSA) is 87.7 Å². The number of nitrogens with zero attached hydrogens (tertiary/aromatic N) is 1. The zero-order valence-electron chi connectivity index (χ0n) is 26.4. The van der Waals surface area contributed by atoms with Gasteiger partial charge in [-0.2, -0.15) is 0 Å². The molecule has 7 nitrogen and oxygen atoms in total. The summed E-state index contributed by atoms with van der Waals surface area (Å²) in [5, 5.41) is 8.00. The predicted molar refractivity (Wildman–Crippen MR) is 170 cm³/mol. The second-order valence-corrected chi connectivity index (χ2v) is 12.5. The van der Waals surface area contributed by atoms with E-state index in [2.05, 4.69) is 17.6 Å². The molecule has 0 spiro atoms. The molecule has 7 heteroatoms. The van der Waals surface area contributed by atoms with E-state index in [0.29, 0.717) is 25.1 Å². The normalized spacial score (nSPS) is 13.0. The molecule has 2 N–H and O–H groups in total. The quantitative estimate of drug-likeness (QED) is 0.246. The number of carbonyl (C=O) groups is 3. The molecule has 0 aliphatic rings.